The second-order valence-electron chi connectivity index (χ2n) is 7.15. The fourth-order valence-corrected chi connectivity index (χ4v) is 3.10. The Morgan fingerprint density at radius 3 is 2.66 bits per heavy atom. The second kappa shape index (κ2) is 10.3. The van der Waals surface area contributed by atoms with Crippen molar-refractivity contribution in [1.82, 2.24) is 16.0 Å². The van der Waals surface area contributed by atoms with Gasteiger partial charge in [0.2, 0.25) is 0 Å². The summed E-state index contributed by atoms with van der Waals surface area (Å²) in [6.07, 6.45) is 5.85. The summed E-state index contributed by atoms with van der Waals surface area (Å²) in [5.41, 5.74) is 3.52. The van der Waals surface area contributed by atoms with Gasteiger partial charge in [-0.25, -0.2) is 13.2 Å². The molecule has 0 aliphatic carbocycles. The highest BCUT2D eigenvalue weighted by molar-refractivity contribution is 5.94. The number of nitrogens with one attached hydrogen (secondary N) is 3. The Morgan fingerprint density at radius 2 is 2.00 bits per heavy atom. The highest BCUT2D eigenvalue weighted by Gasteiger charge is 2.23. The number of halogens is 3. The maximum atomic E-state index is 14.3. The van der Waals surface area contributed by atoms with Crippen molar-refractivity contribution in [3.05, 3.63) is 70.7 Å². The van der Waals surface area contributed by atoms with Crippen LogP contribution in [0.15, 0.2) is 53.8 Å². The van der Waals surface area contributed by atoms with E-state index in [-0.39, 0.29) is 5.56 Å². The molecule has 1 aliphatic heterocycles. The van der Waals surface area contributed by atoms with Crippen molar-refractivity contribution in [3.63, 3.8) is 0 Å². The fourth-order valence-electron chi connectivity index (χ4n) is 3.10. The summed E-state index contributed by atoms with van der Waals surface area (Å²) in [6, 6.07) is 4.13. The number of alkyl halides is 2. The highest BCUT2D eigenvalue weighted by atomic mass is 19.3. The molecule has 1 aliphatic rings. The largest absolute Gasteiger partial charge is 0.381 e. The van der Waals surface area contributed by atoms with Crippen molar-refractivity contribution >= 4 is 5.91 Å². The summed E-state index contributed by atoms with van der Waals surface area (Å²) in [6.45, 7) is 8.06. The number of hydrogen-bond acceptors (Lipinski definition) is 3. The number of carbonyl (C=O) groups excluding carboxylic acids is 1. The van der Waals surface area contributed by atoms with Gasteiger partial charge in [0.25, 0.3) is 11.8 Å². The second-order valence-corrected chi connectivity index (χ2v) is 7.15. The van der Waals surface area contributed by atoms with Crippen molar-refractivity contribution in [3.8, 4) is 0 Å². The Bertz CT molecular complexity index is 810. The molecule has 1 aromatic rings. The maximum Gasteiger partial charge on any atom is 0.262 e. The van der Waals surface area contributed by atoms with E-state index < -0.39 is 24.2 Å². The van der Waals surface area contributed by atoms with E-state index in [2.05, 4.69) is 23.3 Å². The number of allylic oxidation sites excluding steroid dienone is 3. The van der Waals surface area contributed by atoms with Gasteiger partial charge in [0.1, 0.15) is 5.82 Å². The lowest BCUT2D eigenvalue weighted by Gasteiger charge is -2.16. The molecule has 1 aromatic carbocycles. The molecule has 0 saturated heterocycles. The molecule has 7 heteroatoms. The molecule has 29 heavy (non-hydrogen) atoms. The van der Waals surface area contributed by atoms with Crippen LogP contribution >= 0.6 is 0 Å². The third-order valence-corrected chi connectivity index (χ3v) is 4.59. The van der Waals surface area contributed by atoms with E-state index in [9.17, 15) is 18.0 Å². The summed E-state index contributed by atoms with van der Waals surface area (Å²) in [5.74, 6) is -4.66. The molecular weight excluding hydrogens is 379 g/mol. The first-order chi connectivity index (χ1) is 13.7. The Kier molecular flexibility index (Phi) is 8.08. The van der Waals surface area contributed by atoms with Crippen LogP contribution in [0.4, 0.5) is 13.2 Å². The van der Waals surface area contributed by atoms with Crippen LogP contribution in [0.5, 0.6) is 0 Å². The predicted octanol–water partition coefficient (Wildman–Crippen LogP) is 4.07. The van der Waals surface area contributed by atoms with Gasteiger partial charge in [0.05, 0.1) is 12.1 Å². The molecule has 0 saturated carbocycles. The molecule has 0 spiro atoms. The van der Waals surface area contributed by atoms with Crippen molar-refractivity contribution in [2.45, 2.75) is 39.2 Å². The molecule has 158 valence electrons. The van der Waals surface area contributed by atoms with Crippen LogP contribution in [0.1, 0.15) is 42.6 Å². The van der Waals surface area contributed by atoms with E-state index in [1.807, 2.05) is 18.3 Å². The lowest BCUT2D eigenvalue weighted by Crippen LogP contribution is -2.34. The van der Waals surface area contributed by atoms with Crippen molar-refractivity contribution < 1.29 is 18.0 Å². The van der Waals surface area contributed by atoms with Gasteiger partial charge in [-0.05, 0) is 61.7 Å². The zero-order valence-corrected chi connectivity index (χ0v) is 16.9. The van der Waals surface area contributed by atoms with Gasteiger partial charge in [-0.15, -0.1) is 0 Å². The minimum Gasteiger partial charge on any atom is -0.381 e. The molecule has 1 heterocycles. The van der Waals surface area contributed by atoms with Gasteiger partial charge in [0, 0.05) is 19.2 Å². The quantitative estimate of drug-likeness (QED) is 0.609. The summed E-state index contributed by atoms with van der Waals surface area (Å²) >= 11 is 0. The van der Waals surface area contributed by atoms with Crippen molar-refractivity contribution in [2.24, 2.45) is 0 Å². The van der Waals surface area contributed by atoms with E-state index in [1.165, 1.54) is 17.7 Å². The van der Waals surface area contributed by atoms with Crippen LogP contribution in [0.2, 0.25) is 0 Å². The van der Waals surface area contributed by atoms with Crippen molar-refractivity contribution in [1.29, 1.82) is 0 Å². The van der Waals surface area contributed by atoms with Crippen molar-refractivity contribution in [2.75, 3.05) is 19.6 Å². The maximum absolute atomic E-state index is 14.3. The Hall–Kier alpha value is -2.54. The highest BCUT2D eigenvalue weighted by Crippen LogP contribution is 2.22. The molecule has 0 atom stereocenters. The normalized spacial score (nSPS) is 15.3. The van der Waals surface area contributed by atoms with E-state index in [0.29, 0.717) is 19.0 Å². The zero-order chi connectivity index (χ0) is 21.4. The first kappa shape index (κ1) is 22.7. The molecule has 0 aromatic heterocycles. The van der Waals surface area contributed by atoms with Crippen LogP contribution in [-0.4, -0.2) is 31.5 Å². The number of hydrogen-bond donors (Lipinski definition) is 3. The Labute approximate surface area is 170 Å². The predicted molar refractivity (Wildman–Crippen MR) is 109 cm³/mol. The Balaban J connectivity index is 2.02. The fraction of sp³-hybridized carbons (Fsp3) is 0.409. The molecule has 0 bridgehead atoms. The van der Waals surface area contributed by atoms with E-state index in [4.69, 9.17) is 0 Å². The standard InChI is InChI=1S/C22H28F3N3O/c1-4-5-17-8-10-26-11-9-18(17)15(2)27-13-16-6-7-19(20(23)12-16)21(29)28-14-22(3,24)25/h4-7,12,26-27H,2,8-11,13-14H2,1,3H3,(H,28,29)/b5-4-. The number of benzene rings is 1. The molecule has 3 N–H and O–H groups in total. The smallest absolute Gasteiger partial charge is 0.262 e. The third-order valence-electron chi connectivity index (χ3n) is 4.59. The van der Waals surface area contributed by atoms with E-state index >= 15 is 0 Å². The number of amides is 1. The SMILES string of the molecule is C=C(NCc1ccc(C(=O)NCC(C)(F)F)c(F)c1)C1=C(/C=C\C)CCNCC1. The van der Waals surface area contributed by atoms with Gasteiger partial charge in [-0.2, -0.15) is 0 Å². The van der Waals surface area contributed by atoms with Gasteiger partial charge in [-0.1, -0.05) is 24.8 Å². The first-order valence-electron chi connectivity index (χ1n) is 9.64. The van der Waals surface area contributed by atoms with Crippen LogP contribution < -0.4 is 16.0 Å². The van der Waals surface area contributed by atoms with Gasteiger partial charge >= 0.3 is 0 Å². The monoisotopic (exact) mass is 407 g/mol. The molecule has 0 unspecified atom stereocenters. The van der Waals surface area contributed by atoms with E-state index in [1.54, 1.807) is 6.07 Å². The summed E-state index contributed by atoms with van der Waals surface area (Å²) in [7, 11) is 0. The Morgan fingerprint density at radius 1 is 1.28 bits per heavy atom. The van der Waals surface area contributed by atoms with Crippen LogP contribution in [0.3, 0.4) is 0 Å². The summed E-state index contributed by atoms with van der Waals surface area (Å²) in [5, 5.41) is 8.62. The average Bonchev–Trinajstić information content (AvgIpc) is 2.89. The minimum atomic E-state index is -3.05. The molecule has 2 rings (SSSR count). The zero-order valence-electron chi connectivity index (χ0n) is 16.9. The van der Waals surface area contributed by atoms with Gasteiger partial charge in [-0.3, -0.25) is 4.79 Å². The average molecular weight is 407 g/mol. The van der Waals surface area contributed by atoms with Gasteiger partial charge in [0.15, 0.2) is 0 Å². The lowest BCUT2D eigenvalue weighted by atomic mass is 10.00. The minimum absolute atomic E-state index is 0.259. The topological polar surface area (TPSA) is 53.2 Å². The molecule has 0 radical (unpaired) electrons. The van der Waals surface area contributed by atoms with Crippen LogP contribution in [0.25, 0.3) is 0 Å². The third kappa shape index (κ3) is 7.09. The summed E-state index contributed by atoms with van der Waals surface area (Å²) in [4.78, 5) is 11.9. The number of carbonyl (C=O) groups is 1. The molecule has 1 amide bonds. The van der Waals surface area contributed by atoms with E-state index in [0.717, 1.165) is 37.2 Å². The van der Waals surface area contributed by atoms with Gasteiger partial charge < -0.3 is 16.0 Å². The number of rotatable bonds is 8. The van der Waals surface area contributed by atoms with Crippen LogP contribution in [0, 0.1) is 5.82 Å². The first-order valence-corrected chi connectivity index (χ1v) is 9.64. The molecule has 0 fully saturated rings. The summed E-state index contributed by atoms with van der Waals surface area (Å²) < 4.78 is 40.0. The molecule has 4 nitrogen and oxygen atoms in total. The van der Waals surface area contributed by atoms with Crippen LogP contribution in [-0.2, 0) is 6.54 Å². The molecular formula is C22H28F3N3O. The lowest BCUT2D eigenvalue weighted by molar-refractivity contribution is 0.0220.